The normalized spacial score (nSPS) is 13.0. The van der Waals surface area contributed by atoms with E-state index in [0.29, 0.717) is 6.42 Å². The van der Waals surface area contributed by atoms with E-state index in [1.54, 1.807) is 0 Å². The van der Waals surface area contributed by atoms with Gasteiger partial charge in [0.1, 0.15) is 6.61 Å². The van der Waals surface area contributed by atoms with Crippen LogP contribution >= 0.6 is 0 Å². The molecule has 0 aromatic heterocycles. The number of carbonyl (C=O) groups is 3. The third-order valence-electron chi connectivity index (χ3n) is 5.45. The summed E-state index contributed by atoms with van der Waals surface area (Å²) < 4.78 is 10.7. The number of rotatable bonds is 11. The van der Waals surface area contributed by atoms with Crippen molar-refractivity contribution >= 4 is 18.0 Å². The van der Waals surface area contributed by atoms with E-state index < -0.39 is 18.2 Å². The van der Waals surface area contributed by atoms with Gasteiger partial charge in [-0.25, -0.2) is 4.79 Å². The van der Waals surface area contributed by atoms with Gasteiger partial charge in [-0.15, -0.1) is 0 Å². The van der Waals surface area contributed by atoms with Gasteiger partial charge in [-0.1, -0.05) is 48.5 Å². The zero-order chi connectivity index (χ0) is 22.9. The second-order valence-electron chi connectivity index (χ2n) is 7.62. The molecule has 0 spiro atoms. The summed E-state index contributed by atoms with van der Waals surface area (Å²) in [5.74, 6) is -1.19. The summed E-state index contributed by atoms with van der Waals surface area (Å²) in [5.41, 5.74) is 4.59. The molecule has 0 saturated carbocycles. The molecule has 1 aliphatic rings. The minimum absolute atomic E-state index is 0.00265. The van der Waals surface area contributed by atoms with Crippen LogP contribution in [0.2, 0.25) is 0 Å². The van der Waals surface area contributed by atoms with Gasteiger partial charge in [-0.05, 0) is 28.7 Å². The summed E-state index contributed by atoms with van der Waals surface area (Å²) >= 11 is 0. The average molecular weight is 440 g/mol. The van der Waals surface area contributed by atoms with Crippen LogP contribution in [0.1, 0.15) is 36.3 Å². The maximum atomic E-state index is 12.3. The molecule has 0 heterocycles. The number of carboxylic acid groups (broad SMARTS) is 1. The number of hydrogen-bond acceptors (Lipinski definition) is 5. The Balaban J connectivity index is 1.45. The van der Waals surface area contributed by atoms with Gasteiger partial charge in [-0.3, -0.25) is 9.59 Å². The van der Waals surface area contributed by atoms with Gasteiger partial charge >= 0.3 is 12.1 Å². The van der Waals surface area contributed by atoms with E-state index in [0.717, 1.165) is 22.3 Å². The van der Waals surface area contributed by atoms with Gasteiger partial charge < -0.3 is 25.2 Å². The SMILES string of the molecule is COC(CNC(=O)OCC1c2ccccc2-c2ccccc21)CC(=O)NCCCC(=O)O. The van der Waals surface area contributed by atoms with Crippen LogP contribution in [-0.4, -0.2) is 56.0 Å². The standard InChI is InChI=1S/C24H28N2O6/c1-31-16(13-22(27)25-12-6-11-23(28)29)14-26-24(30)32-15-21-19-9-4-2-7-17(19)18-8-3-5-10-20(18)21/h2-5,7-10,16,21H,6,11-15H2,1H3,(H,25,27)(H,26,30)(H,28,29). The van der Waals surface area contributed by atoms with Crippen molar-refractivity contribution in [2.24, 2.45) is 0 Å². The molecule has 1 atom stereocenters. The van der Waals surface area contributed by atoms with Crippen LogP contribution in [0.15, 0.2) is 48.5 Å². The molecular weight excluding hydrogens is 412 g/mol. The van der Waals surface area contributed by atoms with Gasteiger partial charge in [0.05, 0.1) is 12.5 Å². The molecule has 2 aromatic rings. The number of alkyl carbamates (subject to hydrolysis) is 1. The first-order chi connectivity index (χ1) is 15.5. The summed E-state index contributed by atoms with van der Waals surface area (Å²) in [4.78, 5) is 34.7. The number of carboxylic acids is 1. The third-order valence-corrected chi connectivity index (χ3v) is 5.45. The average Bonchev–Trinajstić information content (AvgIpc) is 3.11. The number of benzene rings is 2. The molecule has 0 fully saturated rings. The summed E-state index contributed by atoms with van der Waals surface area (Å²) in [6, 6.07) is 16.2. The number of methoxy groups -OCH3 is 1. The van der Waals surface area contributed by atoms with E-state index in [1.807, 2.05) is 24.3 Å². The molecule has 8 nitrogen and oxygen atoms in total. The largest absolute Gasteiger partial charge is 0.481 e. The Hall–Kier alpha value is -3.39. The monoisotopic (exact) mass is 440 g/mol. The fourth-order valence-electron chi connectivity index (χ4n) is 3.83. The Morgan fingerprint density at radius 1 is 1.00 bits per heavy atom. The number of fused-ring (bicyclic) bond motifs is 3. The number of amides is 2. The predicted octanol–water partition coefficient (Wildman–Crippen LogP) is 2.91. The minimum Gasteiger partial charge on any atom is -0.481 e. The molecule has 0 saturated heterocycles. The van der Waals surface area contributed by atoms with E-state index in [-0.39, 0.29) is 44.4 Å². The molecule has 0 radical (unpaired) electrons. The molecule has 2 aromatic carbocycles. The summed E-state index contributed by atoms with van der Waals surface area (Å²) in [5, 5.41) is 13.9. The van der Waals surface area contributed by atoms with Gasteiger partial charge in [0, 0.05) is 32.5 Å². The number of carbonyl (C=O) groups excluding carboxylic acids is 2. The Morgan fingerprint density at radius 2 is 1.62 bits per heavy atom. The zero-order valence-electron chi connectivity index (χ0n) is 18.0. The highest BCUT2D eigenvalue weighted by Crippen LogP contribution is 2.44. The van der Waals surface area contributed by atoms with Gasteiger partial charge in [-0.2, -0.15) is 0 Å². The number of nitrogens with one attached hydrogen (secondary N) is 2. The number of aliphatic carboxylic acids is 1. The zero-order valence-corrected chi connectivity index (χ0v) is 18.0. The van der Waals surface area contributed by atoms with Crippen molar-refractivity contribution in [3.8, 4) is 11.1 Å². The van der Waals surface area contributed by atoms with Crippen molar-refractivity contribution < 1.29 is 29.0 Å². The van der Waals surface area contributed by atoms with Crippen LogP contribution < -0.4 is 10.6 Å². The minimum atomic E-state index is -0.902. The summed E-state index contributed by atoms with van der Waals surface area (Å²) in [6.45, 7) is 0.610. The molecule has 1 aliphatic carbocycles. The predicted molar refractivity (Wildman–Crippen MR) is 118 cm³/mol. The highest BCUT2D eigenvalue weighted by molar-refractivity contribution is 5.79. The number of hydrogen-bond donors (Lipinski definition) is 3. The van der Waals surface area contributed by atoms with E-state index >= 15 is 0 Å². The number of ether oxygens (including phenoxy) is 2. The lowest BCUT2D eigenvalue weighted by molar-refractivity contribution is -0.137. The Morgan fingerprint density at radius 3 is 2.22 bits per heavy atom. The van der Waals surface area contributed by atoms with Crippen molar-refractivity contribution in [3.63, 3.8) is 0 Å². The van der Waals surface area contributed by atoms with Gasteiger partial charge in [0.25, 0.3) is 0 Å². The first-order valence-electron chi connectivity index (χ1n) is 10.6. The van der Waals surface area contributed by atoms with Gasteiger partial charge in [0.2, 0.25) is 5.91 Å². The lowest BCUT2D eigenvalue weighted by Crippen LogP contribution is -2.37. The lowest BCUT2D eigenvalue weighted by atomic mass is 9.98. The molecule has 0 aliphatic heterocycles. The van der Waals surface area contributed by atoms with Crippen molar-refractivity contribution in [1.29, 1.82) is 0 Å². The molecule has 0 bridgehead atoms. The van der Waals surface area contributed by atoms with Crippen LogP contribution in [0.5, 0.6) is 0 Å². The van der Waals surface area contributed by atoms with E-state index in [4.69, 9.17) is 14.6 Å². The molecule has 1 unspecified atom stereocenters. The second kappa shape index (κ2) is 11.3. The Labute approximate surface area is 186 Å². The topological polar surface area (TPSA) is 114 Å². The summed E-state index contributed by atoms with van der Waals surface area (Å²) in [6.07, 6.45) is -0.688. The van der Waals surface area contributed by atoms with Crippen molar-refractivity contribution in [1.82, 2.24) is 10.6 Å². The molecule has 170 valence electrons. The molecule has 3 rings (SSSR count). The van der Waals surface area contributed by atoms with Crippen LogP contribution in [-0.2, 0) is 19.1 Å². The molecule has 3 N–H and O–H groups in total. The maximum absolute atomic E-state index is 12.3. The molecular formula is C24H28N2O6. The van der Waals surface area contributed by atoms with E-state index in [9.17, 15) is 14.4 Å². The van der Waals surface area contributed by atoms with E-state index in [1.165, 1.54) is 7.11 Å². The molecule has 32 heavy (non-hydrogen) atoms. The first kappa shape index (κ1) is 23.3. The van der Waals surface area contributed by atoms with Gasteiger partial charge in [0.15, 0.2) is 0 Å². The van der Waals surface area contributed by atoms with Crippen LogP contribution in [0.4, 0.5) is 4.79 Å². The Bertz CT molecular complexity index is 916. The molecule has 8 heteroatoms. The lowest BCUT2D eigenvalue weighted by Gasteiger charge is -2.17. The quantitative estimate of drug-likeness (QED) is 0.463. The highest BCUT2D eigenvalue weighted by atomic mass is 16.5. The Kier molecular flexibility index (Phi) is 8.21. The van der Waals surface area contributed by atoms with Crippen LogP contribution in [0.3, 0.4) is 0 Å². The second-order valence-corrected chi connectivity index (χ2v) is 7.62. The first-order valence-corrected chi connectivity index (χ1v) is 10.6. The fourth-order valence-corrected chi connectivity index (χ4v) is 3.83. The van der Waals surface area contributed by atoms with Crippen LogP contribution in [0, 0.1) is 0 Å². The van der Waals surface area contributed by atoms with Crippen molar-refractivity contribution in [2.45, 2.75) is 31.3 Å². The van der Waals surface area contributed by atoms with E-state index in [2.05, 4.69) is 34.9 Å². The third kappa shape index (κ3) is 6.07. The van der Waals surface area contributed by atoms with Crippen molar-refractivity contribution in [2.75, 3.05) is 26.8 Å². The molecule has 2 amide bonds. The van der Waals surface area contributed by atoms with Crippen LogP contribution in [0.25, 0.3) is 11.1 Å². The smallest absolute Gasteiger partial charge is 0.407 e. The highest BCUT2D eigenvalue weighted by Gasteiger charge is 2.29. The van der Waals surface area contributed by atoms with Crippen molar-refractivity contribution in [3.05, 3.63) is 59.7 Å². The fraction of sp³-hybridized carbons (Fsp3) is 0.375. The maximum Gasteiger partial charge on any atom is 0.407 e. The summed E-state index contributed by atoms with van der Waals surface area (Å²) in [7, 11) is 1.46.